The lowest BCUT2D eigenvalue weighted by atomic mass is 10.1. The first-order valence-corrected chi connectivity index (χ1v) is 9.20. The normalized spacial score (nSPS) is 13.5. The van der Waals surface area contributed by atoms with Crippen molar-refractivity contribution in [2.75, 3.05) is 23.7 Å². The van der Waals surface area contributed by atoms with E-state index in [-0.39, 0.29) is 12.4 Å². The molecule has 0 aliphatic carbocycles. The van der Waals surface area contributed by atoms with Crippen LogP contribution in [0, 0.1) is 0 Å². The molecule has 0 amide bonds. The topological polar surface area (TPSA) is 75.4 Å². The van der Waals surface area contributed by atoms with E-state index in [0.717, 1.165) is 36.4 Å². The van der Waals surface area contributed by atoms with Gasteiger partial charge in [0.15, 0.2) is 0 Å². The van der Waals surface area contributed by atoms with Gasteiger partial charge in [0.1, 0.15) is 0 Å². The summed E-state index contributed by atoms with van der Waals surface area (Å²) in [6.07, 6.45) is 0.930. The summed E-state index contributed by atoms with van der Waals surface area (Å²) < 4.78 is 26.9. The number of fused-ring (bicyclic) bond motifs is 1. The minimum Gasteiger partial charge on any atom is -0.399 e. The highest BCUT2D eigenvalue weighted by molar-refractivity contribution is 7.89. The Kier molecular flexibility index (Phi) is 5.74. The van der Waals surface area contributed by atoms with Crippen molar-refractivity contribution in [3.8, 4) is 0 Å². The van der Waals surface area contributed by atoms with Gasteiger partial charge < -0.3 is 10.6 Å². The molecule has 1 aliphatic heterocycles. The van der Waals surface area contributed by atoms with Gasteiger partial charge in [0.2, 0.25) is 10.0 Å². The fraction of sp³-hybridized carbons (Fsp3) is 0.294. The van der Waals surface area contributed by atoms with E-state index in [4.69, 9.17) is 5.73 Å². The summed E-state index contributed by atoms with van der Waals surface area (Å²) in [5, 5.41) is 0. The molecule has 2 aromatic rings. The number of nitrogens with zero attached hydrogens (tertiary/aromatic N) is 1. The van der Waals surface area contributed by atoms with Gasteiger partial charge in [0, 0.05) is 31.0 Å². The lowest BCUT2D eigenvalue weighted by molar-refractivity contribution is 0.584. The second-order valence-electron chi connectivity index (χ2n) is 5.71. The van der Waals surface area contributed by atoms with Crippen molar-refractivity contribution >= 4 is 33.8 Å². The van der Waals surface area contributed by atoms with Crippen molar-refractivity contribution in [2.24, 2.45) is 0 Å². The summed E-state index contributed by atoms with van der Waals surface area (Å²) >= 11 is 0. The number of hydrogen-bond donors (Lipinski definition) is 2. The largest absolute Gasteiger partial charge is 0.399 e. The smallest absolute Gasteiger partial charge is 0.240 e. The molecule has 0 unspecified atom stereocenters. The number of nitrogen functional groups attached to an aromatic ring is 1. The van der Waals surface area contributed by atoms with Crippen LogP contribution in [0.4, 0.5) is 11.4 Å². The lowest BCUT2D eigenvalue weighted by Gasteiger charge is -2.20. The second kappa shape index (κ2) is 7.42. The highest BCUT2D eigenvalue weighted by atomic mass is 35.5. The van der Waals surface area contributed by atoms with Crippen molar-refractivity contribution in [3.05, 3.63) is 53.6 Å². The second-order valence-corrected chi connectivity index (χ2v) is 7.48. The van der Waals surface area contributed by atoms with E-state index in [1.807, 2.05) is 30.3 Å². The van der Waals surface area contributed by atoms with E-state index in [1.54, 1.807) is 19.1 Å². The summed E-state index contributed by atoms with van der Waals surface area (Å²) in [5.74, 6) is 0. The summed E-state index contributed by atoms with van der Waals surface area (Å²) in [5.41, 5.74) is 9.88. The minimum absolute atomic E-state index is 0. The maximum absolute atomic E-state index is 12.2. The molecule has 0 fully saturated rings. The Morgan fingerprint density at radius 1 is 1.21 bits per heavy atom. The van der Waals surface area contributed by atoms with Crippen molar-refractivity contribution in [3.63, 3.8) is 0 Å². The quantitative estimate of drug-likeness (QED) is 0.796. The molecule has 0 spiro atoms. The molecule has 0 aromatic heterocycles. The monoisotopic (exact) mass is 367 g/mol. The Labute approximate surface area is 149 Å². The first-order chi connectivity index (χ1) is 11.0. The molecule has 130 valence electrons. The third-order valence-electron chi connectivity index (χ3n) is 4.02. The number of nitrogens with one attached hydrogen (secondary N) is 1. The zero-order valence-corrected chi connectivity index (χ0v) is 15.2. The maximum Gasteiger partial charge on any atom is 0.240 e. The number of halogens is 1. The Hall–Kier alpha value is -1.76. The number of rotatable bonds is 5. The zero-order valence-electron chi connectivity index (χ0n) is 13.5. The summed E-state index contributed by atoms with van der Waals surface area (Å²) in [7, 11) is -3.43. The van der Waals surface area contributed by atoms with Gasteiger partial charge >= 0.3 is 0 Å². The molecule has 2 aromatic carbocycles. The molecule has 1 heterocycles. The molecule has 0 atom stereocenters. The molecule has 5 nitrogen and oxygen atoms in total. The van der Waals surface area contributed by atoms with Crippen LogP contribution in [0.5, 0.6) is 0 Å². The molecule has 0 bridgehead atoms. The van der Waals surface area contributed by atoms with E-state index in [1.165, 1.54) is 5.56 Å². The molecule has 24 heavy (non-hydrogen) atoms. The van der Waals surface area contributed by atoms with Crippen molar-refractivity contribution in [1.82, 2.24) is 4.72 Å². The fourth-order valence-electron chi connectivity index (χ4n) is 2.94. The summed E-state index contributed by atoms with van der Waals surface area (Å²) in [6.45, 7) is 3.76. The van der Waals surface area contributed by atoms with Gasteiger partial charge in [-0.15, -0.1) is 12.4 Å². The Balaban J connectivity index is 0.00000208. The Morgan fingerprint density at radius 3 is 2.71 bits per heavy atom. The highest BCUT2D eigenvalue weighted by Gasteiger charge is 2.22. The van der Waals surface area contributed by atoms with Crippen molar-refractivity contribution in [1.29, 1.82) is 0 Å². The van der Waals surface area contributed by atoms with Crippen molar-refractivity contribution < 1.29 is 8.42 Å². The average Bonchev–Trinajstić information content (AvgIpc) is 2.90. The van der Waals surface area contributed by atoms with Gasteiger partial charge in [-0.2, -0.15) is 0 Å². The predicted molar refractivity (Wildman–Crippen MR) is 100 cm³/mol. The standard InChI is InChI=1S/C17H21N3O2S.ClH/c1-2-19-23(21,22)16-7-6-14-8-9-20(17(14)11-16)12-13-4-3-5-15(18)10-13;/h3-7,10-11,19H,2,8-9,12,18H2,1H3;1H. The molecule has 7 heteroatoms. The van der Waals surface area contributed by atoms with Gasteiger partial charge in [-0.3, -0.25) is 0 Å². The number of nitrogens with two attached hydrogens (primary N) is 1. The fourth-order valence-corrected chi connectivity index (χ4v) is 4.00. The van der Waals surface area contributed by atoms with Crippen LogP contribution in [0.15, 0.2) is 47.4 Å². The predicted octanol–water partition coefficient (Wildman–Crippen LogP) is 2.55. The molecule has 0 saturated carbocycles. The van der Waals surface area contributed by atoms with Crippen LogP contribution in [-0.4, -0.2) is 21.5 Å². The first kappa shape index (κ1) is 18.6. The van der Waals surface area contributed by atoms with Crippen LogP contribution >= 0.6 is 12.4 Å². The van der Waals surface area contributed by atoms with Crippen LogP contribution in [-0.2, 0) is 23.0 Å². The number of hydrogen-bond acceptors (Lipinski definition) is 4. The van der Waals surface area contributed by atoms with E-state index in [9.17, 15) is 8.42 Å². The summed E-state index contributed by atoms with van der Waals surface area (Å²) in [6, 6.07) is 13.2. The Morgan fingerprint density at radius 2 is 2.00 bits per heavy atom. The van der Waals surface area contributed by atoms with E-state index in [2.05, 4.69) is 9.62 Å². The maximum atomic E-state index is 12.2. The number of sulfonamides is 1. The third-order valence-corrected chi connectivity index (χ3v) is 5.56. The van der Waals surface area contributed by atoms with Gasteiger partial charge in [0.25, 0.3) is 0 Å². The van der Waals surface area contributed by atoms with E-state index < -0.39 is 10.0 Å². The van der Waals surface area contributed by atoms with Crippen LogP contribution in [0.3, 0.4) is 0 Å². The Bertz CT molecular complexity index is 824. The van der Waals surface area contributed by atoms with Crippen LogP contribution in [0.2, 0.25) is 0 Å². The van der Waals surface area contributed by atoms with Crippen molar-refractivity contribution in [2.45, 2.75) is 24.8 Å². The van der Waals surface area contributed by atoms with Gasteiger partial charge in [-0.1, -0.05) is 25.1 Å². The van der Waals surface area contributed by atoms with E-state index in [0.29, 0.717) is 11.4 Å². The SMILES string of the molecule is CCNS(=O)(=O)c1ccc2c(c1)N(Cc1cccc(N)c1)CC2.Cl. The summed E-state index contributed by atoms with van der Waals surface area (Å²) in [4.78, 5) is 2.52. The molecule has 1 aliphatic rings. The molecule has 0 saturated heterocycles. The van der Waals surface area contributed by atoms with Gasteiger partial charge in [-0.05, 0) is 41.8 Å². The molecule has 3 N–H and O–H groups in total. The third kappa shape index (κ3) is 3.83. The van der Waals surface area contributed by atoms with Gasteiger partial charge in [0.05, 0.1) is 4.90 Å². The minimum atomic E-state index is -3.43. The zero-order chi connectivity index (χ0) is 16.4. The first-order valence-electron chi connectivity index (χ1n) is 7.71. The van der Waals surface area contributed by atoms with Crippen LogP contribution in [0.25, 0.3) is 0 Å². The lowest BCUT2D eigenvalue weighted by Crippen LogP contribution is -2.24. The molecule has 0 radical (unpaired) electrons. The van der Waals surface area contributed by atoms with Crippen LogP contribution < -0.4 is 15.4 Å². The van der Waals surface area contributed by atoms with Crippen LogP contribution in [0.1, 0.15) is 18.1 Å². The molecular weight excluding hydrogens is 346 g/mol. The number of benzene rings is 2. The van der Waals surface area contributed by atoms with E-state index >= 15 is 0 Å². The average molecular weight is 368 g/mol. The van der Waals surface area contributed by atoms with Gasteiger partial charge in [-0.25, -0.2) is 13.1 Å². The highest BCUT2D eigenvalue weighted by Crippen LogP contribution is 2.31. The molecular formula is C17H22ClN3O2S. The molecule has 3 rings (SSSR count). The number of anilines is 2.